The Morgan fingerprint density at radius 2 is 1.89 bits per heavy atom. The second kappa shape index (κ2) is 5.02. The molecule has 0 amide bonds. The molecule has 2 aliphatic rings. The molecule has 1 N–H and O–H groups in total. The van der Waals surface area contributed by atoms with E-state index in [9.17, 15) is 0 Å². The summed E-state index contributed by atoms with van der Waals surface area (Å²) in [5.74, 6) is 0.729. The molecule has 0 radical (unpaired) electrons. The maximum absolute atomic E-state index is 3.48. The average molecular weight is 244 g/mol. The lowest BCUT2D eigenvalue weighted by Gasteiger charge is -2.38. The van der Waals surface area contributed by atoms with E-state index in [4.69, 9.17) is 0 Å². The second-order valence-corrected chi connectivity index (χ2v) is 5.94. The van der Waals surface area contributed by atoms with E-state index in [1.807, 2.05) is 0 Å². The first-order chi connectivity index (χ1) is 8.77. The minimum atomic E-state index is 0.627. The Bertz CT molecular complexity index is 409. The highest BCUT2D eigenvalue weighted by Gasteiger charge is 2.31. The van der Waals surface area contributed by atoms with Crippen molar-refractivity contribution in [1.82, 2.24) is 10.2 Å². The van der Waals surface area contributed by atoms with Crippen LogP contribution in [0.5, 0.6) is 0 Å². The van der Waals surface area contributed by atoms with Crippen molar-refractivity contribution in [2.24, 2.45) is 0 Å². The Labute approximate surface area is 110 Å². The number of benzene rings is 1. The van der Waals surface area contributed by atoms with Crippen molar-refractivity contribution < 1.29 is 0 Å². The molecule has 0 bridgehead atoms. The summed E-state index contributed by atoms with van der Waals surface area (Å²) < 4.78 is 0. The predicted molar refractivity (Wildman–Crippen MR) is 75.9 cm³/mol. The van der Waals surface area contributed by atoms with Crippen LogP contribution < -0.4 is 5.32 Å². The average Bonchev–Trinajstić information content (AvgIpc) is 2.93. The molecule has 1 heterocycles. The van der Waals surface area contributed by atoms with Gasteiger partial charge in [0.05, 0.1) is 0 Å². The fraction of sp³-hybridized carbons (Fsp3) is 0.625. The molecule has 3 unspecified atom stereocenters. The minimum Gasteiger partial charge on any atom is -0.315 e. The molecule has 2 nitrogen and oxygen atoms in total. The third kappa shape index (κ3) is 2.08. The molecule has 18 heavy (non-hydrogen) atoms. The third-order valence-electron chi connectivity index (χ3n) is 4.86. The summed E-state index contributed by atoms with van der Waals surface area (Å²) in [5, 5.41) is 3.48. The van der Waals surface area contributed by atoms with E-state index in [-0.39, 0.29) is 0 Å². The first-order valence-corrected chi connectivity index (χ1v) is 7.29. The molecular formula is C16H24N2. The summed E-state index contributed by atoms with van der Waals surface area (Å²) in [6.45, 7) is 4.71. The highest BCUT2D eigenvalue weighted by molar-refractivity contribution is 5.35. The van der Waals surface area contributed by atoms with Gasteiger partial charge in [-0.05, 0) is 49.9 Å². The van der Waals surface area contributed by atoms with Crippen molar-refractivity contribution in [3.63, 3.8) is 0 Å². The van der Waals surface area contributed by atoms with E-state index in [0.29, 0.717) is 6.04 Å². The van der Waals surface area contributed by atoms with Gasteiger partial charge in [-0.15, -0.1) is 0 Å². The van der Waals surface area contributed by atoms with Crippen LogP contribution in [0.2, 0.25) is 0 Å². The number of fused-ring (bicyclic) bond motifs is 1. The van der Waals surface area contributed by atoms with Gasteiger partial charge in [0.25, 0.3) is 0 Å². The van der Waals surface area contributed by atoms with Crippen molar-refractivity contribution >= 4 is 0 Å². The van der Waals surface area contributed by atoms with E-state index in [2.05, 4.69) is 48.5 Å². The maximum atomic E-state index is 3.48. The molecule has 0 saturated carbocycles. The lowest BCUT2D eigenvalue weighted by Crippen LogP contribution is -2.38. The zero-order chi connectivity index (χ0) is 12.5. The molecule has 1 aliphatic carbocycles. The Balaban J connectivity index is 1.87. The molecule has 1 fully saturated rings. The van der Waals surface area contributed by atoms with Crippen LogP contribution >= 0.6 is 0 Å². The summed E-state index contributed by atoms with van der Waals surface area (Å²) in [4.78, 5) is 2.62. The zero-order valence-corrected chi connectivity index (χ0v) is 11.5. The molecule has 1 aromatic rings. The molecule has 0 aromatic heterocycles. The second-order valence-electron chi connectivity index (χ2n) is 5.94. The predicted octanol–water partition coefficient (Wildman–Crippen LogP) is 2.92. The summed E-state index contributed by atoms with van der Waals surface area (Å²) >= 11 is 0. The lowest BCUT2D eigenvalue weighted by atomic mass is 9.80. The highest BCUT2D eigenvalue weighted by atomic mass is 15.2. The van der Waals surface area contributed by atoms with Crippen molar-refractivity contribution in [2.75, 3.05) is 20.1 Å². The largest absolute Gasteiger partial charge is 0.315 e. The molecule has 3 rings (SSSR count). The summed E-state index contributed by atoms with van der Waals surface area (Å²) in [6, 6.07) is 10.4. The van der Waals surface area contributed by atoms with Gasteiger partial charge in [-0.3, -0.25) is 4.90 Å². The maximum Gasteiger partial charge on any atom is 0.0351 e. The van der Waals surface area contributed by atoms with Crippen molar-refractivity contribution in [3.05, 3.63) is 35.4 Å². The van der Waals surface area contributed by atoms with Gasteiger partial charge in [-0.2, -0.15) is 0 Å². The lowest BCUT2D eigenvalue weighted by molar-refractivity contribution is 0.163. The number of nitrogens with one attached hydrogen (secondary N) is 1. The molecular weight excluding hydrogens is 220 g/mol. The fourth-order valence-corrected chi connectivity index (χ4v) is 3.65. The van der Waals surface area contributed by atoms with Crippen molar-refractivity contribution in [2.45, 2.75) is 44.2 Å². The van der Waals surface area contributed by atoms with Gasteiger partial charge in [-0.1, -0.05) is 31.2 Å². The number of hydrogen-bond acceptors (Lipinski definition) is 2. The van der Waals surface area contributed by atoms with Crippen molar-refractivity contribution in [3.8, 4) is 0 Å². The number of rotatable bonds is 2. The Kier molecular flexibility index (Phi) is 3.40. The summed E-state index contributed by atoms with van der Waals surface area (Å²) in [5.41, 5.74) is 3.15. The Morgan fingerprint density at radius 1 is 1.11 bits per heavy atom. The number of nitrogens with zero attached hydrogens (tertiary/aromatic N) is 1. The number of hydrogen-bond donors (Lipinski definition) is 1. The smallest absolute Gasteiger partial charge is 0.0351 e. The molecule has 3 atom stereocenters. The normalized spacial score (nSPS) is 31.6. The first-order valence-electron chi connectivity index (χ1n) is 7.29. The van der Waals surface area contributed by atoms with Crippen LogP contribution in [0, 0.1) is 0 Å². The van der Waals surface area contributed by atoms with Gasteiger partial charge in [0.15, 0.2) is 0 Å². The van der Waals surface area contributed by atoms with E-state index >= 15 is 0 Å². The van der Waals surface area contributed by atoms with Crippen molar-refractivity contribution in [1.29, 1.82) is 0 Å². The fourth-order valence-electron chi connectivity index (χ4n) is 3.65. The van der Waals surface area contributed by atoms with Gasteiger partial charge in [-0.25, -0.2) is 0 Å². The standard InChI is InChI=1S/C16H24N2/c1-12-7-8-16(15-6-4-3-5-14(12)15)18(2)13-9-10-17-11-13/h3-6,12-13,16-17H,7-11H2,1-2H3. The monoisotopic (exact) mass is 244 g/mol. The quantitative estimate of drug-likeness (QED) is 0.860. The van der Waals surface area contributed by atoms with Crippen LogP contribution in [0.15, 0.2) is 24.3 Å². The van der Waals surface area contributed by atoms with Crippen LogP contribution in [-0.2, 0) is 0 Å². The topological polar surface area (TPSA) is 15.3 Å². The van der Waals surface area contributed by atoms with Gasteiger partial charge >= 0.3 is 0 Å². The molecule has 98 valence electrons. The van der Waals surface area contributed by atoms with Crippen LogP contribution in [0.25, 0.3) is 0 Å². The number of likely N-dealkylation sites (N-methyl/N-ethyl adjacent to an activating group) is 1. The van der Waals surface area contributed by atoms with Gasteiger partial charge in [0.1, 0.15) is 0 Å². The molecule has 0 spiro atoms. The minimum absolute atomic E-state index is 0.627. The van der Waals surface area contributed by atoms with Crippen LogP contribution in [0.4, 0.5) is 0 Å². The highest BCUT2D eigenvalue weighted by Crippen LogP contribution is 2.40. The summed E-state index contributed by atoms with van der Waals surface area (Å²) in [6.07, 6.45) is 3.93. The first kappa shape index (κ1) is 12.2. The van der Waals surface area contributed by atoms with Gasteiger partial charge < -0.3 is 5.32 Å². The SMILES string of the molecule is CC1CCC(N(C)C2CCNC2)c2ccccc21. The van der Waals surface area contributed by atoms with E-state index in [1.54, 1.807) is 11.1 Å². The van der Waals surface area contributed by atoms with E-state index in [1.165, 1.54) is 25.8 Å². The van der Waals surface area contributed by atoms with Crippen LogP contribution in [0.3, 0.4) is 0 Å². The van der Waals surface area contributed by atoms with E-state index < -0.39 is 0 Å². The van der Waals surface area contributed by atoms with Crippen LogP contribution in [0.1, 0.15) is 49.3 Å². The zero-order valence-electron chi connectivity index (χ0n) is 11.5. The Hall–Kier alpha value is -0.860. The molecule has 1 aromatic carbocycles. The molecule has 2 heteroatoms. The summed E-state index contributed by atoms with van der Waals surface area (Å²) in [7, 11) is 2.31. The van der Waals surface area contributed by atoms with E-state index in [0.717, 1.165) is 18.5 Å². The molecule has 1 aliphatic heterocycles. The van der Waals surface area contributed by atoms with Gasteiger partial charge in [0.2, 0.25) is 0 Å². The Morgan fingerprint density at radius 3 is 2.61 bits per heavy atom. The van der Waals surface area contributed by atoms with Crippen LogP contribution in [-0.4, -0.2) is 31.1 Å². The van der Waals surface area contributed by atoms with Gasteiger partial charge in [0, 0.05) is 18.6 Å². The third-order valence-corrected chi connectivity index (χ3v) is 4.86. The molecule has 1 saturated heterocycles.